The highest BCUT2D eigenvalue weighted by Crippen LogP contribution is 2.12. The van der Waals surface area contributed by atoms with Crippen LogP contribution in [0, 0.1) is 11.8 Å². The third-order valence-corrected chi connectivity index (χ3v) is 4.43. The predicted molar refractivity (Wildman–Crippen MR) is 96.8 cm³/mol. The number of rotatable bonds is 12. The summed E-state index contributed by atoms with van der Waals surface area (Å²) in [5.41, 5.74) is 0. The molecule has 0 aliphatic rings. The molecule has 1 nitrogen and oxygen atoms in total. The highest BCUT2D eigenvalue weighted by atomic mass is 16.1. The van der Waals surface area contributed by atoms with Gasteiger partial charge in [-0.05, 0) is 19.3 Å². The highest BCUT2D eigenvalue weighted by molar-refractivity contribution is 5.77. The maximum atomic E-state index is 10.8. The van der Waals surface area contributed by atoms with Crippen LogP contribution in [0.3, 0.4) is 0 Å². The third-order valence-electron chi connectivity index (χ3n) is 4.43. The van der Waals surface area contributed by atoms with E-state index in [9.17, 15) is 4.79 Å². The lowest BCUT2D eigenvalue weighted by molar-refractivity contribution is -0.120. The fraction of sp³-hybridized carbons (Fsp3) is 0.950. The van der Waals surface area contributed by atoms with Crippen molar-refractivity contribution in [2.24, 2.45) is 11.8 Å². The second-order valence-corrected chi connectivity index (χ2v) is 6.72. The van der Waals surface area contributed by atoms with E-state index in [2.05, 4.69) is 27.7 Å². The normalized spacial score (nSPS) is 13.2. The van der Waals surface area contributed by atoms with Crippen LogP contribution >= 0.6 is 0 Å². The Balaban J connectivity index is 0. The standard InChI is InChI=1S/C10H20O.C10H22/c1-4-5-6-7-8-9(2)10(3)11;1-4-6-7-8-9-10(3)5-2/h9H,4-8H2,1-3H3;10H,4-9H2,1-3H3. The number of ketones is 1. The smallest absolute Gasteiger partial charge is 0.132 e. The number of Topliss-reactive ketones (excluding diaryl/α,β-unsaturated/α-hetero) is 1. The Kier molecular flexibility index (Phi) is 19.4. The summed E-state index contributed by atoms with van der Waals surface area (Å²) < 4.78 is 0. The monoisotopic (exact) mass is 298 g/mol. The van der Waals surface area contributed by atoms with Crippen LogP contribution in [0.5, 0.6) is 0 Å². The van der Waals surface area contributed by atoms with Crippen LogP contribution in [-0.4, -0.2) is 5.78 Å². The van der Waals surface area contributed by atoms with E-state index in [0.29, 0.717) is 5.78 Å². The van der Waals surface area contributed by atoms with Crippen LogP contribution in [-0.2, 0) is 4.79 Å². The Hall–Kier alpha value is -0.330. The first kappa shape index (κ1) is 22.9. The maximum Gasteiger partial charge on any atom is 0.132 e. The van der Waals surface area contributed by atoms with Gasteiger partial charge in [-0.3, -0.25) is 4.79 Å². The molecule has 0 radical (unpaired) electrons. The van der Waals surface area contributed by atoms with Gasteiger partial charge in [-0.25, -0.2) is 0 Å². The zero-order valence-corrected chi connectivity index (χ0v) is 15.8. The lowest BCUT2D eigenvalue weighted by Crippen LogP contribution is -2.05. The number of unbranched alkanes of at least 4 members (excludes halogenated alkanes) is 6. The summed E-state index contributed by atoms with van der Waals surface area (Å²) in [5, 5.41) is 0. The molecule has 0 saturated carbocycles. The van der Waals surface area contributed by atoms with Gasteiger partial charge in [0.25, 0.3) is 0 Å². The molecule has 0 fully saturated rings. The maximum absolute atomic E-state index is 10.8. The molecule has 0 amide bonds. The van der Waals surface area contributed by atoms with Crippen LogP contribution in [0.2, 0.25) is 0 Å². The van der Waals surface area contributed by atoms with Gasteiger partial charge in [-0.2, -0.15) is 0 Å². The van der Waals surface area contributed by atoms with Gasteiger partial charge in [0, 0.05) is 5.92 Å². The molecule has 2 atom stereocenters. The van der Waals surface area contributed by atoms with Gasteiger partial charge in [0.2, 0.25) is 0 Å². The first-order valence-corrected chi connectivity index (χ1v) is 9.49. The predicted octanol–water partition coefficient (Wildman–Crippen LogP) is 7.18. The Morgan fingerprint density at radius 1 is 0.762 bits per heavy atom. The second kappa shape index (κ2) is 17.7. The fourth-order valence-electron chi connectivity index (χ4n) is 2.20. The summed E-state index contributed by atoms with van der Waals surface area (Å²) in [7, 11) is 0. The van der Waals surface area contributed by atoms with Gasteiger partial charge in [0.15, 0.2) is 0 Å². The van der Waals surface area contributed by atoms with Crippen molar-refractivity contribution >= 4 is 5.78 Å². The van der Waals surface area contributed by atoms with E-state index < -0.39 is 0 Å². The molecule has 128 valence electrons. The molecule has 0 saturated heterocycles. The van der Waals surface area contributed by atoms with Gasteiger partial charge in [-0.1, -0.05) is 98.8 Å². The van der Waals surface area contributed by atoms with Crippen molar-refractivity contribution in [2.45, 2.75) is 112 Å². The summed E-state index contributed by atoms with van der Waals surface area (Å²) in [6.45, 7) is 12.8. The summed E-state index contributed by atoms with van der Waals surface area (Å²) in [6, 6.07) is 0. The van der Waals surface area contributed by atoms with E-state index in [1.165, 1.54) is 64.2 Å². The molecule has 0 heterocycles. The van der Waals surface area contributed by atoms with Crippen LogP contribution in [0.4, 0.5) is 0 Å². The Bertz CT molecular complexity index is 210. The third kappa shape index (κ3) is 19.7. The Morgan fingerprint density at radius 3 is 1.62 bits per heavy atom. The highest BCUT2D eigenvalue weighted by Gasteiger charge is 2.05. The molecule has 1 heteroatoms. The average Bonchev–Trinajstić information content (AvgIpc) is 2.48. The molecule has 0 aromatic rings. The van der Waals surface area contributed by atoms with Crippen LogP contribution in [0.25, 0.3) is 0 Å². The Labute approximate surface area is 135 Å². The summed E-state index contributed by atoms with van der Waals surface area (Å²) in [5.74, 6) is 1.57. The summed E-state index contributed by atoms with van der Waals surface area (Å²) in [6.07, 6.45) is 14.6. The number of hydrogen-bond acceptors (Lipinski definition) is 1. The molecule has 2 unspecified atom stereocenters. The minimum Gasteiger partial charge on any atom is -0.300 e. The minimum absolute atomic E-state index is 0.284. The van der Waals surface area contributed by atoms with E-state index in [4.69, 9.17) is 0 Å². The molecule has 0 N–H and O–H groups in total. The minimum atomic E-state index is 0.284. The molecule has 21 heavy (non-hydrogen) atoms. The van der Waals surface area contributed by atoms with Crippen molar-refractivity contribution < 1.29 is 4.79 Å². The van der Waals surface area contributed by atoms with Crippen molar-refractivity contribution in [3.8, 4) is 0 Å². The molecular formula is C20H42O. The zero-order valence-electron chi connectivity index (χ0n) is 15.8. The second-order valence-electron chi connectivity index (χ2n) is 6.72. The van der Waals surface area contributed by atoms with E-state index in [-0.39, 0.29) is 5.92 Å². The fourth-order valence-corrected chi connectivity index (χ4v) is 2.20. The van der Waals surface area contributed by atoms with Gasteiger partial charge in [-0.15, -0.1) is 0 Å². The zero-order chi connectivity index (χ0) is 16.5. The molecule has 0 spiro atoms. The largest absolute Gasteiger partial charge is 0.300 e. The molecule has 0 aromatic carbocycles. The van der Waals surface area contributed by atoms with E-state index >= 15 is 0 Å². The van der Waals surface area contributed by atoms with Crippen molar-refractivity contribution in [1.29, 1.82) is 0 Å². The van der Waals surface area contributed by atoms with Gasteiger partial charge >= 0.3 is 0 Å². The number of carbonyl (C=O) groups excluding carboxylic acids is 1. The van der Waals surface area contributed by atoms with Crippen molar-refractivity contribution in [1.82, 2.24) is 0 Å². The first-order valence-electron chi connectivity index (χ1n) is 9.49. The summed E-state index contributed by atoms with van der Waals surface area (Å²) in [4.78, 5) is 10.8. The number of carbonyl (C=O) groups is 1. The van der Waals surface area contributed by atoms with Crippen LogP contribution in [0.1, 0.15) is 112 Å². The van der Waals surface area contributed by atoms with Crippen LogP contribution in [0.15, 0.2) is 0 Å². The lowest BCUT2D eigenvalue weighted by atomic mass is 9.99. The Morgan fingerprint density at radius 2 is 1.24 bits per heavy atom. The van der Waals surface area contributed by atoms with Crippen molar-refractivity contribution in [2.75, 3.05) is 0 Å². The average molecular weight is 299 g/mol. The molecular weight excluding hydrogens is 256 g/mol. The van der Waals surface area contributed by atoms with Crippen molar-refractivity contribution in [3.63, 3.8) is 0 Å². The van der Waals surface area contributed by atoms with E-state index in [0.717, 1.165) is 12.3 Å². The van der Waals surface area contributed by atoms with Gasteiger partial charge in [0.1, 0.15) is 5.78 Å². The quantitative estimate of drug-likeness (QED) is 0.348. The number of hydrogen-bond donors (Lipinski definition) is 0. The topological polar surface area (TPSA) is 17.1 Å². The molecule has 0 rings (SSSR count). The molecule has 0 aliphatic carbocycles. The molecule has 0 bridgehead atoms. The summed E-state index contributed by atoms with van der Waals surface area (Å²) >= 11 is 0. The van der Waals surface area contributed by atoms with Crippen LogP contribution < -0.4 is 0 Å². The molecule has 0 aliphatic heterocycles. The lowest BCUT2D eigenvalue weighted by Gasteiger charge is -2.06. The SMILES string of the molecule is CCCCCCC(C)C(C)=O.CCCCCCC(C)CC. The van der Waals surface area contributed by atoms with Crippen molar-refractivity contribution in [3.05, 3.63) is 0 Å². The van der Waals surface area contributed by atoms with Gasteiger partial charge in [0.05, 0.1) is 0 Å². The van der Waals surface area contributed by atoms with Gasteiger partial charge < -0.3 is 0 Å². The van der Waals surface area contributed by atoms with E-state index in [1.807, 2.05) is 6.92 Å². The van der Waals surface area contributed by atoms with E-state index in [1.54, 1.807) is 6.92 Å². The molecule has 0 aromatic heterocycles. The first-order chi connectivity index (χ1) is 9.99.